The number of carbonyl (C=O) groups is 1. The fourth-order valence-electron chi connectivity index (χ4n) is 2.99. The fourth-order valence-corrected chi connectivity index (χ4v) is 3.69. The summed E-state index contributed by atoms with van der Waals surface area (Å²) < 4.78 is 16.4. The Balaban J connectivity index is 1.68. The fraction of sp³-hybridized carbons (Fsp3) is 0.0909. The number of benzene rings is 1. The van der Waals surface area contributed by atoms with Crippen molar-refractivity contribution < 1.29 is 18.7 Å². The molecule has 0 N–H and O–H groups in total. The molecule has 0 aliphatic rings. The second-order valence-corrected chi connectivity index (χ2v) is 6.90. The number of furan rings is 1. The van der Waals surface area contributed by atoms with Crippen LogP contribution in [-0.2, 0) is 0 Å². The van der Waals surface area contributed by atoms with Crippen LogP contribution >= 0.6 is 11.3 Å². The van der Waals surface area contributed by atoms with Gasteiger partial charge in [-0.25, -0.2) is 4.98 Å². The van der Waals surface area contributed by atoms with Gasteiger partial charge >= 0.3 is 0 Å². The molecule has 6 heteroatoms. The largest absolute Gasteiger partial charge is 0.495 e. The third kappa shape index (κ3) is 3.30. The van der Waals surface area contributed by atoms with Crippen LogP contribution in [0.2, 0.25) is 0 Å². The average molecular weight is 391 g/mol. The van der Waals surface area contributed by atoms with Crippen LogP contribution in [0.25, 0.3) is 27.6 Å². The van der Waals surface area contributed by atoms with Gasteiger partial charge in [0.2, 0.25) is 5.78 Å². The molecular formula is C22H17NO4S. The van der Waals surface area contributed by atoms with E-state index in [0.29, 0.717) is 22.8 Å². The molecule has 0 unspecified atom stereocenters. The molecule has 0 radical (unpaired) electrons. The van der Waals surface area contributed by atoms with E-state index in [2.05, 4.69) is 4.98 Å². The topological polar surface area (TPSA) is 61.6 Å². The first-order valence-corrected chi connectivity index (χ1v) is 9.44. The van der Waals surface area contributed by atoms with Crippen molar-refractivity contribution in [2.45, 2.75) is 0 Å². The molecule has 0 aliphatic carbocycles. The summed E-state index contributed by atoms with van der Waals surface area (Å²) in [5.74, 6) is 1.01. The van der Waals surface area contributed by atoms with Crippen LogP contribution in [0.4, 0.5) is 0 Å². The van der Waals surface area contributed by atoms with Crippen LogP contribution in [0.1, 0.15) is 16.1 Å². The summed E-state index contributed by atoms with van der Waals surface area (Å²) in [7, 11) is 3.15. The Labute approximate surface area is 165 Å². The minimum atomic E-state index is -0.188. The number of pyridine rings is 1. The number of nitrogens with zero attached hydrogens (tertiary/aromatic N) is 1. The quantitative estimate of drug-likeness (QED) is 0.322. The third-order valence-corrected chi connectivity index (χ3v) is 5.19. The number of hydrogen-bond acceptors (Lipinski definition) is 6. The van der Waals surface area contributed by atoms with Crippen LogP contribution < -0.4 is 9.47 Å². The van der Waals surface area contributed by atoms with Crippen molar-refractivity contribution in [1.29, 1.82) is 0 Å². The van der Waals surface area contributed by atoms with Crippen LogP contribution in [0.15, 0.2) is 64.6 Å². The molecule has 0 saturated carbocycles. The van der Waals surface area contributed by atoms with Crippen molar-refractivity contribution in [3.05, 3.63) is 71.4 Å². The number of hydrogen-bond donors (Lipinski definition) is 0. The molecule has 0 fully saturated rings. The molecule has 0 bridgehead atoms. The predicted molar refractivity (Wildman–Crippen MR) is 110 cm³/mol. The molecule has 4 aromatic rings. The molecule has 140 valence electrons. The molecule has 0 spiro atoms. The Bertz CT molecular complexity index is 1160. The maximum Gasteiger partial charge on any atom is 0.204 e. The maximum atomic E-state index is 12.7. The molecule has 0 saturated heterocycles. The molecule has 0 amide bonds. The lowest BCUT2D eigenvalue weighted by molar-refractivity contribution is 0.104. The maximum absolute atomic E-state index is 12.7. The van der Waals surface area contributed by atoms with Gasteiger partial charge in [-0.15, -0.1) is 11.3 Å². The Morgan fingerprint density at radius 2 is 2.04 bits per heavy atom. The Morgan fingerprint density at radius 1 is 1.14 bits per heavy atom. The Morgan fingerprint density at radius 3 is 2.79 bits per heavy atom. The first-order valence-electron chi connectivity index (χ1n) is 8.57. The summed E-state index contributed by atoms with van der Waals surface area (Å²) in [4.78, 5) is 18.2. The zero-order valence-corrected chi connectivity index (χ0v) is 16.2. The number of fused-ring (bicyclic) bond motifs is 1. The highest BCUT2D eigenvalue weighted by molar-refractivity contribution is 7.13. The van der Waals surface area contributed by atoms with E-state index in [1.807, 2.05) is 35.7 Å². The molecular weight excluding hydrogens is 374 g/mol. The van der Waals surface area contributed by atoms with E-state index < -0.39 is 0 Å². The van der Waals surface area contributed by atoms with Crippen LogP contribution in [-0.4, -0.2) is 25.0 Å². The minimum Gasteiger partial charge on any atom is -0.495 e. The number of ether oxygens (including phenoxy) is 2. The monoisotopic (exact) mass is 391 g/mol. The summed E-state index contributed by atoms with van der Waals surface area (Å²) in [5, 5.41) is 2.77. The lowest BCUT2D eigenvalue weighted by Gasteiger charge is -2.09. The number of allylic oxidation sites excluding steroid dienone is 1. The van der Waals surface area contributed by atoms with Crippen molar-refractivity contribution in [3.63, 3.8) is 0 Å². The van der Waals surface area contributed by atoms with Gasteiger partial charge in [-0.1, -0.05) is 12.1 Å². The summed E-state index contributed by atoms with van der Waals surface area (Å²) in [6, 6.07) is 13.0. The zero-order chi connectivity index (χ0) is 19.5. The van der Waals surface area contributed by atoms with E-state index in [-0.39, 0.29) is 5.78 Å². The third-order valence-electron chi connectivity index (χ3n) is 4.30. The van der Waals surface area contributed by atoms with Gasteiger partial charge < -0.3 is 13.9 Å². The second-order valence-electron chi connectivity index (χ2n) is 5.95. The highest BCUT2D eigenvalue weighted by Gasteiger charge is 2.15. The van der Waals surface area contributed by atoms with E-state index >= 15 is 0 Å². The van der Waals surface area contributed by atoms with Gasteiger partial charge in [0.1, 0.15) is 11.4 Å². The molecule has 4 rings (SSSR count). The highest BCUT2D eigenvalue weighted by Crippen LogP contribution is 2.38. The summed E-state index contributed by atoms with van der Waals surface area (Å²) in [6.45, 7) is 0. The number of thiophene rings is 1. The van der Waals surface area contributed by atoms with E-state index in [4.69, 9.17) is 13.9 Å². The molecule has 0 aliphatic heterocycles. The van der Waals surface area contributed by atoms with Gasteiger partial charge in [0.15, 0.2) is 11.3 Å². The molecule has 1 aromatic carbocycles. The van der Waals surface area contributed by atoms with E-state index in [1.54, 1.807) is 50.0 Å². The van der Waals surface area contributed by atoms with Gasteiger partial charge in [0, 0.05) is 5.56 Å². The number of carbonyl (C=O) groups excluding carboxylic acids is 1. The van der Waals surface area contributed by atoms with Crippen molar-refractivity contribution in [3.8, 4) is 22.1 Å². The lowest BCUT2D eigenvalue weighted by atomic mass is 10.1. The molecule has 3 aromatic heterocycles. The van der Waals surface area contributed by atoms with Gasteiger partial charge in [0.05, 0.1) is 36.4 Å². The first-order chi connectivity index (χ1) is 13.7. The zero-order valence-electron chi connectivity index (χ0n) is 15.3. The lowest BCUT2D eigenvalue weighted by Crippen LogP contribution is -1.99. The summed E-state index contributed by atoms with van der Waals surface area (Å²) in [6.07, 6.45) is 4.77. The Hall–Kier alpha value is -3.38. The van der Waals surface area contributed by atoms with E-state index in [0.717, 1.165) is 21.5 Å². The normalized spacial score (nSPS) is 11.2. The standard InChI is InChI=1S/C22H17NO4S/c1-25-19-13-14(21(26-2)15-10-11-27-22(15)19)8-9-18(24)16-5-3-6-17(23-16)20-7-4-12-28-20/h3-13H,1-2H3/b9-8+. The van der Waals surface area contributed by atoms with Gasteiger partial charge in [-0.05, 0) is 47.9 Å². The van der Waals surface area contributed by atoms with Crippen molar-refractivity contribution in [1.82, 2.24) is 4.98 Å². The highest BCUT2D eigenvalue weighted by atomic mass is 32.1. The Kier molecular flexibility index (Phi) is 4.95. The van der Waals surface area contributed by atoms with Gasteiger partial charge in [-0.2, -0.15) is 0 Å². The SMILES string of the molecule is COc1c(/C=C/C(=O)c2cccc(-c3cccs3)n2)cc(OC)c2occc12. The van der Waals surface area contributed by atoms with Crippen molar-refractivity contribution in [2.24, 2.45) is 0 Å². The number of methoxy groups -OCH3 is 2. The number of rotatable bonds is 6. The van der Waals surface area contributed by atoms with Crippen molar-refractivity contribution >= 4 is 34.2 Å². The van der Waals surface area contributed by atoms with Crippen molar-refractivity contribution in [2.75, 3.05) is 14.2 Å². The predicted octanol–water partition coefficient (Wildman–Crippen LogP) is 5.47. The van der Waals surface area contributed by atoms with E-state index in [9.17, 15) is 4.79 Å². The average Bonchev–Trinajstić information content (AvgIpc) is 3.43. The molecule has 3 heterocycles. The van der Waals surface area contributed by atoms with Crippen LogP contribution in [0.3, 0.4) is 0 Å². The molecule has 5 nitrogen and oxygen atoms in total. The number of aromatic nitrogens is 1. The van der Waals surface area contributed by atoms with Crippen LogP contribution in [0, 0.1) is 0 Å². The van der Waals surface area contributed by atoms with E-state index in [1.165, 1.54) is 6.08 Å². The smallest absolute Gasteiger partial charge is 0.204 e. The van der Waals surface area contributed by atoms with Gasteiger partial charge in [0.25, 0.3) is 0 Å². The summed E-state index contributed by atoms with van der Waals surface area (Å²) in [5.41, 5.74) is 2.50. The first kappa shape index (κ1) is 18.0. The van der Waals surface area contributed by atoms with Gasteiger partial charge in [-0.3, -0.25) is 4.79 Å². The molecule has 0 atom stereocenters. The molecule has 28 heavy (non-hydrogen) atoms. The number of ketones is 1. The summed E-state index contributed by atoms with van der Waals surface area (Å²) >= 11 is 1.59. The second kappa shape index (κ2) is 7.70. The minimum absolute atomic E-state index is 0.188. The van der Waals surface area contributed by atoms with Crippen LogP contribution in [0.5, 0.6) is 11.5 Å².